The van der Waals surface area contributed by atoms with E-state index < -0.39 is 6.10 Å². The fourth-order valence-electron chi connectivity index (χ4n) is 1.37. The smallest absolute Gasteiger partial charge is 0.116 e. The number of hydrogen-bond acceptors (Lipinski definition) is 4. The molecule has 1 aromatic heterocycles. The second-order valence-corrected chi connectivity index (χ2v) is 5.46. The highest BCUT2D eigenvalue weighted by atomic mass is 79.9. The Morgan fingerprint density at radius 3 is 2.76 bits per heavy atom. The number of aromatic nitrogens is 2. The van der Waals surface area contributed by atoms with E-state index in [1.54, 1.807) is 24.9 Å². The molecule has 0 bridgehead atoms. The molecule has 0 saturated carbocycles. The molecule has 1 atom stereocenters. The van der Waals surface area contributed by atoms with Crippen molar-refractivity contribution in [1.82, 2.24) is 9.97 Å². The summed E-state index contributed by atoms with van der Waals surface area (Å²) >= 11 is 5.01. The quantitative estimate of drug-likeness (QED) is 0.882. The van der Waals surface area contributed by atoms with E-state index in [2.05, 4.69) is 25.9 Å². The Morgan fingerprint density at radius 1 is 1.35 bits per heavy atom. The van der Waals surface area contributed by atoms with Crippen molar-refractivity contribution in [2.45, 2.75) is 22.9 Å². The van der Waals surface area contributed by atoms with Crippen LogP contribution in [0.2, 0.25) is 0 Å². The van der Waals surface area contributed by atoms with Gasteiger partial charge in [-0.1, -0.05) is 33.8 Å². The van der Waals surface area contributed by atoms with Crippen LogP contribution in [0.1, 0.15) is 18.6 Å². The van der Waals surface area contributed by atoms with E-state index in [0.29, 0.717) is 0 Å². The molecule has 2 rings (SSSR count). The van der Waals surface area contributed by atoms with Gasteiger partial charge in [0.25, 0.3) is 0 Å². The van der Waals surface area contributed by atoms with Crippen LogP contribution in [0.15, 0.2) is 51.2 Å². The summed E-state index contributed by atoms with van der Waals surface area (Å²) < 4.78 is 0.909. The van der Waals surface area contributed by atoms with Crippen LogP contribution in [0.5, 0.6) is 0 Å². The van der Waals surface area contributed by atoms with Crippen molar-refractivity contribution in [1.29, 1.82) is 0 Å². The molecule has 0 amide bonds. The van der Waals surface area contributed by atoms with Gasteiger partial charge in [0, 0.05) is 15.6 Å². The molecule has 0 unspecified atom stereocenters. The van der Waals surface area contributed by atoms with E-state index in [4.69, 9.17) is 0 Å². The Hall–Kier alpha value is -0.910. The van der Waals surface area contributed by atoms with E-state index in [1.165, 1.54) is 6.33 Å². The number of aliphatic hydroxyl groups excluding tert-OH is 1. The molecule has 3 nitrogen and oxygen atoms in total. The first-order chi connectivity index (χ1) is 8.16. The third-order valence-corrected chi connectivity index (χ3v) is 3.83. The maximum absolute atomic E-state index is 9.53. The molecule has 1 N–H and O–H groups in total. The summed E-state index contributed by atoms with van der Waals surface area (Å²) in [4.78, 5) is 9.09. The van der Waals surface area contributed by atoms with Gasteiger partial charge in [-0.2, -0.15) is 0 Å². The molecule has 0 spiro atoms. The molecule has 88 valence electrons. The summed E-state index contributed by atoms with van der Waals surface area (Å²) in [5.74, 6) is 0. The first kappa shape index (κ1) is 12.5. The van der Waals surface area contributed by atoms with Crippen LogP contribution < -0.4 is 0 Å². The highest BCUT2D eigenvalue weighted by Crippen LogP contribution is 2.31. The lowest BCUT2D eigenvalue weighted by Gasteiger charge is -2.09. The Balaban J connectivity index is 2.21. The minimum atomic E-state index is -0.470. The molecule has 17 heavy (non-hydrogen) atoms. The van der Waals surface area contributed by atoms with E-state index >= 15 is 0 Å². The second kappa shape index (κ2) is 5.62. The van der Waals surface area contributed by atoms with Gasteiger partial charge in [-0.15, -0.1) is 0 Å². The summed E-state index contributed by atoms with van der Waals surface area (Å²) in [7, 11) is 0. The normalized spacial score (nSPS) is 12.4. The van der Waals surface area contributed by atoms with Crippen molar-refractivity contribution >= 4 is 27.7 Å². The monoisotopic (exact) mass is 310 g/mol. The van der Waals surface area contributed by atoms with Crippen molar-refractivity contribution in [3.8, 4) is 0 Å². The lowest BCUT2D eigenvalue weighted by atomic mass is 10.1. The SMILES string of the molecule is C[C@@H](O)c1ccc(Sc2ccncn2)cc1Br. The fourth-order valence-corrected chi connectivity index (χ4v) is 3.01. The largest absolute Gasteiger partial charge is 0.389 e. The van der Waals surface area contributed by atoms with Crippen LogP contribution in [0.4, 0.5) is 0 Å². The molecule has 0 aliphatic rings. The number of benzene rings is 1. The standard InChI is InChI=1S/C12H11BrN2OS/c1-8(16)10-3-2-9(6-11(10)13)17-12-4-5-14-7-15-12/h2-8,16H,1H3/t8-/m1/s1. The summed E-state index contributed by atoms with van der Waals surface area (Å²) in [6.45, 7) is 1.75. The van der Waals surface area contributed by atoms with Crippen LogP contribution >= 0.6 is 27.7 Å². The van der Waals surface area contributed by atoms with Gasteiger partial charge >= 0.3 is 0 Å². The zero-order valence-electron chi connectivity index (χ0n) is 9.17. The highest BCUT2D eigenvalue weighted by Gasteiger charge is 2.07. The molecule has 0 aliphatic carbocycles. The lowest BCUT2D eigenvalue weighted by Crippen LogP contribution is -1.92. The predicted molar refractivity (Wildman–Crippen MR) is 70.9 cm³/mol. The number of aliphatic hydroxyl groups is 1. The van der Waals surface area contributed by atoms with Crippen LogP contribution in [0.3, 0.4) is 0 Å². The summed E-state index contributed by atoms with van der Waals surface area (Å²) in [5, 5.41) is 10.4. The molecule has 2 aromatic rings. The van der Waals surface area contributed by atoms with Crippen molar-refractivity contribution in [3.63, 3.8) is 0 Å². The van der Waals surface area contributed by atoms with E-state index in [0.717, 1.165) is 20.0 Å². The van der Waals surface area contributed by atoms with Crippen molar-refractivity contribution in [2.75, 3.05) is 0 Å². The van der Waals surface area contributed by atoms with Gasteiger partial charge in [-0.3, -0.25) is 0 Å². The van der Waals surface area contributed by atoms with Crippen LogP contribution in [-0.2, 0) is 0 Å². The van der Waals surface area contributed by atoms with Gasteiger partial charge in [-0.25, -0.2) is 9.97 Å². The lowest BCUT2D eigenvalue weighted by molar-refractivity contribution is 0.198. The zero-order chi connectivity index (χ0) is 12.3. The topological polar surface area (TPSA) is 46.0 Å². The van der Waals surface area contributed by atoms with E-state index in [1.807, 2.05) is 24.3 Å². The van der Waals surface area contributed by atoms with Gasteiger partial charge in [0.1, 0.15) is 11.4 Å². The molecule has 0 radical (unpaired) electrons. The molecule has 0 saturated heterocycles. The molecule has 1 heterocycles. The number of rotatable bonds is 3. The average Bonchev–Trinajstić information content (AvgIpc) is 2.30. The summed E-state index contributed by atoms with van der Waals surface area (Å²) in [6, 6.07) is 7.73. The molecule has 5 heteroatoms. The van der Waals surface area contributed by atoms with Crippen molar-refractivity contribution in [3.05, 3.63) is 46.8 Å². The van der Waals surface area contributed by atoms with Gasteiger partial charge in [0.15, 0.2) is 0 Å². The van der Waals surface area contributed by atoms with Gasteiger partial charge < -0.3 is 5.11 Å². The second-order valence-electron chi connectivity index (χ2n) is 3.51. The predicted octanol–water partition coefficient (Wildman–Crippen LogP) is 3.44. The van der Waals surface area contributed by atoms with Gasteiger partial charge in [-0.05, 0) is 30.7 Å². The van der Waals surface area contributed by atoms with Crippen LogP contribution in [-0.4, -0.2) is 15.1 Å². The Bertz CT molecular complexity index is 505. The van der Waals surface area contributed by atoms with Crippen molar-refractivity contribution < 1.29 is 5.11 Å². The van der Waals surface area contributed by atoms with E-state index in [-0.39, 0.29) is 0 Å². The Morgan fingerprint density at radius 2 is 2.18 bits per heavy atom. The average molecular weight is 311 g/mol. The van der Waals surface area contributed by atoms with Crippen molar-refractivity contribution in [2.24, 2.45) is 0 Å². The third-order valence-electron chi connectivity index (χ3n) is 2.20. The molecular formula is C12H11BrN2OS. The highest BCUT2D eigenvalue weighted by molar-refractivity contribution is 9.10. The minimum absolute atomic E-state index is 0.470. The van der Waals surface area contributed by atoms with Crippen LogP contribution in [0, 0.1) is 0 Å². The molecule has 0 aliphatic heterocycles. The number of halogens is 1. The third kappa shape index (κ3) is 3.28. The van der Waals surface area contributed by atoms with Gasteiger partial charge in [0.2, 0.25) is 0 Å². The first-order valence-electron chi connectivity index (χ1n) is 5.08. The molecule has 0 fully saturated rings. The molecular weight excluding hydrogens is 300 g/mol. The Labute approximate surface area is 112 Å². The van der Waals surface area contributed by atoms with E-state index in [9.17, 15) is 5.11 Å². The fraction of sp³-hybridized carbons (Fsp3) is 0.167. The van der Waals surface area contributed by atoms with Gasteiger partial charge in [0.05, 0.1) is 6.10 Å². The van der Waals surface area contributed by atoms with Crippen LogP contribution in [0.25, 0.3) is 0 Å². The maximum Gasteiger partial charge on any atom is 0.116 e. The first-order valence-corrected chi connectivity index (χ1v) is 6.69. The zero-order valence-corrected chi connectivity index (χ0v) is 11.6. The minimum Gasteiger partial charge on any atom is -0.389 e. The Kier molecular flexibility index (Phi) is 4.15. The molecule has 1 aromatic carbocycles. The number of nitrogens with zero attached hydrogens (tertiary/aromatic N) is 2. The summed E-state index contributed by atoms with van der Waals surface area (Å²) in [6.07, 6.45) is 2.78. The maximum atomic E-state index is 9.53. The number of hydrogen-bond donors (Lipinski definition) is 1. The summed E-state index contributed by atoms with van der Waals surface area (Å²) in [5.41, 5.74) is 0.886.